The Morgan fingerprint density at radius 2 is 0.931 bits per heavy atom. The van der Waals surface area contributed by atoms with E-state index in [4.69, 9.17) is 9.47 Å². The number of allylic oxidation sites excluding steroid dienone is 2. The molecule has 0 amide bonds. The zero-order valence-corrected chi connectivity index (χ0v) is 33.7. The van der Waals surface area contributed by atoms with Crippen LogP contribution < -0.4 is 9.47 Å². The fourth-order valence-electron chi connectivity index (χ4n) is 6.04. The molecule has 0 radical (unpaired) electrons. The Morgan fingerprint density at radius 3 is 1.26 bits per heavy atom. The van der Waals surface area contributed by atoms with Gasteiger partial charge in [0.05, 0.1) is 35.5 Å². The van der Waals surface area contributed by atoms with Crippen LogP contribution in [-0.2, 0) is 12.4 Å². The molecule has 0 saturated carbocycles. The van der Waals surface area contributed by atoms with E-state index in [9.17, 15) is 36.9 Å². The Bertz CT molecular complexity index is 2110. The van der Waals surface area contributed by atoms with Gasteiger partial charge in [-0.15, -0.1) is 22.7 Å². The van der Waals surface area contributed by atoms with E-state index >= 15 is 0 Å². The average Bonchev–Trinajstić information content (AvgIpc) is 3.91. The number of hydrogen-bond acceptors (Lipinski definition) is 6. The molecule has 302 valence electrons. The van der Waals surface area contributed by atoms with Crippen molar-refractivity contribution in [2.24, 2.45) is 0 Å². The Morgan fingerprint density at radius 1 is 0.552 bits per heavy atom. The van der Waals surface area contributed by atoms with Gasteiger partial charge < -0.3 is 9.47 Å². The lowest BCUT2D eigenvalue weighted by molar-refractivity contribution is -0.138. The zero-order valence-electron chi connectivity index (χ0n) is 32.1. The lowest BCUT2D eigenvalue weighted by Gasteiger charge is -2.16. The molecule has 2 heterocycles. The lowest BCUT2D eigenvalue weighted by Crippen LogP contribution is -2.03. The number of unbranched alkanes of at least 4 members (excludes halogenated alkanes) is 6. The molecule has 0 saturated heterocycles. The summed E-state index contributed by atoms with van der Waals surface area (Å²) in [6.45, 7) is 5.06. The zero-order chi connectivity index (χ0) is 41.7. The highest BCUT2D eigenvalue weighted by atomic mass is 32.1. The molecule has 0 aliphatic rings. The highest BCUT2D eigenvalue weighted by molar-refractivity contribution is 7.17. The van der Waals surface area contributed by atoms with Crippen molar-refractivity contribution < 1.29 is 35.8 Å². The highest BCUT2D eigenvalue weighted by Gasteiger charge is 2.31. The summed E-state index contributed by atoms with van der Waals surface area (Å²) in [5.41, 5.74) is 1.51. The minimum absolute atomic E-state index is 0.322. The van der Waals surface area contributed by atoms with E-state index in [1.165, 1.54) is 46.9 Å². The molecule has 0 aliphatic carbocycles. The van der Waals surface area contributed by atoms with E-state index in [1.807, 2.05) is 0 Å². The van der Waals surface area contributed by atoms with E-state index in [-0.39, 0.29) is 0 Å². The van der Waals surface area contributed by atoms with Crippen LogP contribution in [0, 0.1) is 22.7 Å². The first-order valence-electron chi connectivity index (χ1n) is 19.1. The van der Waals surface area contributed by atoms with E-state index in [2.05, 4.69) is 26.0 Å². The molecule has 0 fully saturated rings. The molecule has 0 N–H and O–H groups in total. The van der Waals surface area contributed by atoms with Crippen molar-refractivity contribution in [3.63, 3.8) is 0 Å². The largest absolute Gasteiger partial charge is 0.493 e. The van der Waals surface area contributed by atoms with Gasteiger partial charge in [-0.3, -0.25) is 0 Å². The van der Waals surface area contributed by atoms with Crippen molar-refractivity contribution in [3.05, 3.63) is 117 Å². The summed E-state index contributed by atoms with van der Waals surface area (Å²) >= 11 is 2.57. The normalized spacial score (nSPS) is 12.3. The smallest absolute Gasteiger partial charge is 0.416 e. The third-order valence-corrected chi connectivity index (χ3v) is 11.6. The molecule has 0 spiro atoms. The van der Waals surface area contributed by atoms with Gasteiger partial charge in [0, 0.05) is 30.6 Å². The first-order valence-corrected chi connectivity index (χ1v) is 20.7. The standard InChI is InChI=1S/C46H42F6N2O2S2/c1-3-5-7-9-23-55-39-27-34(26-36(30-54)44-22-20-42(58-44)32-13-17-38(18-14-32)46(50,51)52)40(56-24-10-8-6-4-2)28-33(39)25-35(29-53)43-21-19-41(57-43)31-11-15-37(16-12-31)45(47,48)49/h11-22,25-28H,3-10,23-24H2,1-2H3/b35-25+,36-26+. The molecule has 0 atom stereocenters. The summed E-state index contributed by atoms with van der Waals surface area (Å²) in [5, 5.41) is 20.7. The molecule has 0 bridgehead atoms. The van der Waals surface area contributed by atoms with E-state index in [0.29, 0.717) is 77.6 Å². The molecule has 0 aliphatic heterocycles. The quantitative estimate of drug-likeness (QED) is 0.0501. The number of thiophene rings is 2. The van der Waals surface area contributed by atoms with Crippen LogP contribution in [0.1, 0.15) is 97.2 Å². The van der Waals surface area contributed by atoms with Crippen LogP contribution in [0.25, 0.3) is 44.2 Å². The molecule has 4 nitrogen and oxygen atoms in total. The predicted molar refractivity (Wildman–Crippen MR) is 222 cm³/mol. The van der Waals surface area contributed by atoms with Gasteiger partial charge in [-0.25, -0.2) is 0 Å². The molecule has 5 aromatic rings. The van der Waals surface area contributed by atoms with Gasteiger partial charge in [-0.05, 0) is 96.8 Å². The summed E-state index contributed by atoms with van der Waals surface area (Å²) in [6.07, 6.45) is 2.27. The number of alkyl halides is 6. The molecule has 12 heteroatoms. The molecular formula is C46H42F6N2O2S2. The number of rotatable bonds is 18. The minimum atomic E-state index is -4.45. The summed E-state index contributed by atoms with van der Waals surface area (Å²) < 4.78 is 91.8. The summed E-state index contributed by atoms with van der Waals surface area (Å²) in [6, 6.07) is 25.0. The van der Waals surface area contributed by atoms with Crippen molar-refractivity contribution in [1.82, 2.24) is 0 Å². The summed E-state index contributed by atoms with van der Waals surface area (Å²) in [7, 11) is 0. The Kier molecular flexibility index (Phi) is 15.4. The third kappa shape index (κ3) is 11.9. The van der Waals surface area contributed by atoms with Crippen LogP contribution in [0.2, 0.25) is 0 Å². The van der Waals surface area contributed by atoms with Crippen LogP contribution in [0.4, 0.5) is 26.3 Å². The maximum atomic E-state index is 13.2. The predicted octanol–water partition coefficient (Wildman–Crippen LogP) is 15.2. The van der Waals surface area contributed by atoms with Crippen LogP contribution in [0.15, 0.2) is 84.9 Å². The summed E-state index contributed by atoms with van der Waals surface area (Å²) in [4.78, 5) is 2.64. The third-order valence-electron chi connectivity index (χ3n) is 9.23. The number of ether oxygens (including phenoxy) is 2. The van der Waals surface area contributed by atoms with E-state index in [0.717, 1.165) is 75.6 Å². The molecular weight excluding hydrogens is 791 g/mol. The highest BCUT2D eigenvalue weighted by Crippen LogP contribution is 2.40. The van der Waals surface area contributed by atoms with Crippen LogP contribution in [-0.4, -0.2) is 13.2 Å². The van der Waals surface area contributed by atoms with E-state index < -0.39 is 23.5 Å². The van der Waals surface area contributed by atoms with Gasteiger partial charge in [-0.2, -0.15) is 36.9 Å². The van der Waals surface area contributed by atoms with Crippen molar-refractivity contribution >= 4 is 46.0 Å². The Hall–Kier alpha value is -5.30. The first-order chi connectivity index (χ1) is 27.8. The molecule has 2 aromatic heterocycles. The van der Waals surface area contributed by atoms with Gasteiger partial charge in [-0.1, -0.05) is 76.6 Å². The lowest BCUT2D eigenvalue weighted by atomic mass is 10.0. The number of nitriles is 2. The Balaban J connectivity index is 1.54. The second kappa shape index (κ2) is 20.4. The van der Waals surface area contributed by atoms with Crippen molar-refractivity contribution in [2.75, 3.05) is 13.2 Å². The maximum absolute atomic E-state index is 13.2. The number of hydrogen-bond donors (Lipinski definition) is 0. The molecule has 0 unspecified atom stereocenters. The van der Waals surface area contributed by atoms with Gasteiger partial charge in [0.25, 0.3) is 0 Å². The van der Waals surface area contributed by atoms with Gasteiger partial charge in [0.2, 0.25) is 0 Å². The second-order valence-electron chi connectivity index (χ2n) is 13.6. The van der Waals surface area contributed by atoms with Gasteiger partial charge in [0.15, 0.2) is 0 Å². The minimum Gasteiger partial charge on any atom is -0.493 e. The topological polar surface area (TPSA) is 66.0 Å². The van der Waals surface area contributed by atoms with Crippen molar-refractivity contribution in [3.8, 4) is 44.5 Å². The fourth-order valence-corrected chi connectivity index (χ4v) is 7.99. The maximum Gasteiger partial charge on any atom is 0.416 e. The monoisotopic (exact) mass is 832 g/mol. The number of halogens is 6. The fraction of sp³-hybridized carbons (Fsp3) is 0.304. The Labute approximate surface area is 343 Å². The number of nitrogens with zero attached hydrogens (tertiary/aromatic N) is 2. The van der Waals surface area contributed by atoms with Crippen molar-refractivity contribution in [1.29, 1.82) is 10.5 Å². The van der Waals surface area contributed by atoms with Crippen LogP contribution >= 0.6 is 22.7 Å². The molecule has 58 heavy (non-hydrogen) atoms. The average molecular weight is 833 g/mol. The van der Waals surface area contributed by atoms with E-state index in [1.54, 1.807) is 48.6 Å². The second-order valence-corrected chi connectivity index (χ2v) is 15.7. The van der Waals surface area contributed by atoms with Crippen LogP contribution in [0.3, 0.4) is 0 Å². The van der Waals surface area contributed by atoms with Crippen LogP contribution in [0.5, 0.6) is 11.5 Å². The summed E-state index contributed by atoms with van der Waals surface area (Å²) in [5.74, 6) is 0.949. The SMILES string of the molecule is CCCCCCOc1cc(/C=C(\C#N)c2ccc(-c3ccc(C(F)(F)F)cc3)s2)c(OCCCCCC)cc1/C=C(\C#N)c1ccc(-c2ccc(C(F)(F)F)cc2)s1. The first kappa shape index (κ1) is 43.8. The number of benzene rings is 3. The molecule has 5 rings (SSSR count). The van der Waals surface area contributed by atoms with Crippen molar-refractivity contribution in [2.45, 2.75) is 77.6 Å². The molecule has 3 aromatic carbocycles. The van der Waals surface area contributed by atoms with Gasteiger partial charge in [0.1, 0.15) is 23.6 Å². The van der Waals surface area contributed by atoms with Gasteiger partial charge >= 0.3 is 12.4 Å².